The lowest BCUT2D eigenvalue weighted by atomic mass is 9.86. The lowest BCUT2D eigenvalue weighted by Crippen LogP contribution is -2.30. The van der Waals surface area contributed by atoms with E-state index in [0.717, 1.165) is 17.5 Å². The first-order valence-corrected chi connectivity index (χ1v) is 9.38. The monoisotopic (exact) mass is 354 g/mol. The molecule has 3 heteroatoms. The number of rotatable bonds is 8. The number of hydrogen-bond acceptors (Lipinski definition) is 2. The number of aryl methyl sites for hydroxylation is 1. The molecular formula is C23H30O3. The van der Waals surface area contributed by atoms with Crippen molar-refractivity contribution in [2.45, 2.75) is 64.9 Å². The fraction of sp³-hybridized carbons (Fsp3) is 0.435. The van der Waals surface area contributed by atoms with Gasteiger partial charge in [-0.3, -0.25) is 0 Å². The molecule has 0 aliphatic carbocycles. The van der Waals surface area contributed by atoms with Crippen molar-refractivity contribution in [2.75, 3.05) is 0 Å². The van der Waals surface area contributed by atoms with E-state index in [9.17, 15) is 9.90 Å². The van der Waals surface area contributed by atoms with Crippen molar-refractivity contribution in [3.05, 3.63) is 65.2 Å². The molecule has 2 aromatic rings. The van der Waals surface area contributed by atoms with Crippen LogP contribution in [0.2, 0.25) is 0 Å². The predicted octanol–water partition coefficient (Wildman–Crippen LogP) is 5.40. The number of unbranched alkanes of at least 4 members (excludes halogenated alkanes) is 1. The first-order valence-electron chi connectivity index (χ1n) is 9.38. The second-order valence-electron chi connectivity index (χ2n) is 7.82. The van der Waals surface area contributed by atoms with Gasteiger partial charge >= 0.3 is 5.97 Å². The van der Waals surface area contributed by atoms with Gasteiger partial charge in [-0.15, -0.1) is 0 Å². The van der Waals surface area contributed by atoms with Gasteiger partial charge in [-0.2, -0.15) is 0 Å². The molecule has 0 saturated heterocycles. The van der Waals surface area contributed by atoms with E-state index < -0.39 is 12.1 Å². The third kappa shape index (κ3) is 5.62. The van der Waals surface area contributed by atoms with E-state index in [1.807, 2.05) is 36.4 Å². The smallest absolute Gasteiger partial charge is 0.345 e. The number of para-hydroxylation sites is 1. The molecule has 0 heterocycles. The molecule has 2 rings (SSSR count). The fourth-order valence-corrected chi connectivity index (χ4v) is 2.96. The van der Waals surface area contributed by atoms with Gasteiger partial charge in [0.25, 0.3) is 0 Å². The van der Waals surface area contributed by atoms with Crippen LogP contribution in [0.4, 0.5) is 0 Å². The lowest BCUT2D eigenvalue weighted by Gasteiger charge is -2.24. The predicted molar refractivity (Wildman–Crippen MR) is 106 cm³/mol. The highest BCUT2D eigenvalue weighted by atomic mass is 16.5. The minimum absolute atomic E-state index is 0.111. The van der Waals surface area contributed by atoms with Crippen molar-refractivity contribution in [1.29, 1.82) is 0 Å². The molecule has 0 bridgehead atoms. The van der Waals surface area contributed by atoms with Gasteiger partial charge in [0.15, 0.2) is 6.10 Å². The highest BCUT2D eigenvalue weighted by molar-refractivity contribution is 5.73. The summed E-state index contributed by atoms with van der Waals surface area (Å²) in [6.45, 7) is 8.47. The van der Waals surface area contributed by atoms with Crippen LogP contribution >= 0.6 is 0 Å². The normalized spacial score (nSPS) is 12.6. The zero-order valence-electron chi connectivity index (χ0n) is 16.3. The average molecular weight is 354 g/mol. The number of carbonyl (C=O) groups is 1. The van der Waals surface area contributed by atoms with Gasteiger partial charge in [-0.25, -0.2) is 4.79 Å². The van der Waals surface area contributed by atoms with E-state index in [0.29, 0.717) is 12.2 Å². The lowest BCUT2D eigenvalue weighted by molar-refractivity contribution is -0.145. The Morgan fingerprint density at radius 2 is 1.65 bits per heavy atom. The number of carboxylic acids is 1. The third-order valence-corrected chi connectivity index (χ3v) is 4.50. The van der Waals surface area contributed by atoms with Gasteiger partial charge in [-0.05, 0) is 41.0 Å². The molecule has 140 valence electrons. The Morgan fingerprint density at radius 3 is 2.23 bits per heavy atom. The van der Waals surface area contributed by atoms with Crippen LogP contribution in [0.5, 0.6) is 5.75 Å². The van der Waals surface area contributed by atoms with Crippen LogP contribution in [0.25, 0.3) is 0 Å². The van der Waals surface area contributed by atoms with E-state index >= 15 is 0 Å². The molecular weight excluding hydrogens is 324 g/mol. The van der Waals surface area contributed by atoms with E-state index in [-0.39, 0.29) is 5.41 Å². The van der Waals surface area contributed by atoms with Crippen LogP contribution in [0, 0.1) is 0 Å². The van der Waals surface area contributed by atoms with Gasteiger partial charge in [0.2, 0.25) is 0 Å². The Bertz CT molecular complexity index is 711. The molecule has 0 aliphatic rings. The van der Waals surface area contributed by atoms with E-state index in [1.165, 1.54) is 18.4 Å². The maximum Gasteiger partial charge on any atom is 0.345 e. The molecule has 0 aromatic heterocycles. The summed E-state index contributed by atoms with van der Waals surface area (Å²) in [5.41, 5.74) is 3.18. The Balaban J connectivity index is 2.14. The molecule has 0 amide bonds. The molecule has 0 aliphatic heterocycles. The van der Waals surface area contributed by atoms with Crippen molar-refractivity contribution >= 4 is 5.97 Å². The minimum Gasteiger partial charge on any atom is -0.478 e. The maximum atomic E-state index is 11.8. The standard InChI is InChI=1S/C23H30O3/c1-5-6-9-17-12-14-18(15-13-17)16-21(22(24)25)26-20-11-8-7-10-19(20)23(2,3)4/h7-8,10-15,21H,5-6,9,16H2,1-4H3,(H,24,25). The summed E-state index contributed by atoms with van der Waals surface area (Å²) in [4.78, 5) is 11.8. The SMILES string of the molecule is CCCCc1ccc(CC(Oc2ccccc2C(C)(C)C)C(=O)O)cc1. The fourth-order valence-electron chi connectivity index (χ4n) is 2.96. The quantitative estimate of drug-likeness (QED) is 0.690. The largest absolute Gasteiger partial charge is 0.478 e. The van der Waals surface area contributed by atoms with Gasteiger partial charge in [0.05, 0.1) is 0 Å². The van der Waals surface area contributed by atoms with Crippen molar-refractivity contribution in [1.82, 2.24) is 0 Å². The highest BCUT2D eigenvalue weighted by Gasteiger charge is 2.24. The summed E-state index contributed by atoms with van der Waals surface area (Å²) in [5.74, 6) is -0.296. The second kappa shape index (κ2) is 8.88. The summed E-state index contributed by atoms with van der Waals surface area (Å²) in [7, 11) is 0. The highest BCUT2D eigenvalue weighted by Crippen LogP contribution is 2.32. The maximum absolute atomic E-state index is 11.8. The Labute approximate surface area is 157 Å². The molecule has 1 N–H and O–H groups in total. The molecule has 0 fully saturated rings. The van der Waals surface area contributed by atoms with Gasteiger partial charge in [-0.1, -0.05) is 76.6 Å². The zero-order chi connectivity index (χ0) is 19.2. The first-order chi connectivity index (χ1) is 12.3. The average Bonchev–Trinajstić information content (AvgIpc) is 2.60. The molecule has 1 atom stereocenters. The van der Waals surface area contributed by atoms with Crippen LogP contribution in [0.15, 0.2) is 48.5 Å². The van der Waals surface area contributed by atoms with Crippen molar-refractivity contribution in [3.63, 3.8) is 0 Å². The third-order valence-electron chi connectivity index (χ3n) is 4.50. The summed E-state index contributed by atoms with van der Waals surface area (Å²) >= 11 is 0. The number of carboxylic acid groups (broad SMARTS) is 1. The van der Waals surface area contributed by atoms with Crippen molar-refractivity contribution in [2.24, 2.45) is 0 Å². The Hall–Kier alpha value is -2.29. The topological polar surface area (TPSA) is 46.5 Å². The zero-order valence-corrected chi connectivity index (χ0v) is 16.3. The van der Waals surface area contributed by atoms with E-state index in [4.69, 9.17) is 4.74 Å². The van der Waals surface area contributed by atoms with E-state index in [2.05, 4.69) is 39.8 Å². The number of benzene rings is 2. The van der Waals surface area contributed by atoms with Crippen molar-refractivity contribution < 1.29 is 14.6 Å². The van der Waals surface area contributed by atoms with Gasteiger partial charge in [0, 0.05) is 6.42 Å². The van der Waals surface area contributed by atoms with Gasteiger partial charge < -0.3 is 9.84 Å². The molecule has 1 unspecified atom stereocenters. The Morgan fingerprint density at radius 1 is 1.04 bits per heavy atom. The molecule has 2 aromatic carbocycles. The molecule has 0 radical (unpaired) electrons. The van der Waals surface area contributed by atoms with Crippen LogP contribution in [-0.2, 0) is 23.1 Å². The number of ether oxygens (including phenoxy) is 1. The number of aliphatic carboxylic acids is 1. The van der Waals surface area contributed by atoms with Crippen LogP contribution < -0.4 is 4.74 Å². The van der Waals surface area contributed by atoms with E-state index in [1.54, 1.807) is 0 Å². The van der Waals surface area contributed by atoms with Crippen LogP contribution in [0.3, 0.4) is 0 Å². The molecule has 0 saturated carbocycles. The molecule has 26 heavy (non-hydrogen) atoms. The van der Waals surface area contributed by atoms with Crippen LogP contribution in [-0.4, -0.2) is 17.2 Å². The molecule has 3 nitrogen and oxygen atoms in total. The van der Waals surface area contributed by atoms with Gasteiger partial charge in [0.1, 0.15) is 5.75 Å². The van der Waals surface area contributed by atoms with Crippen LogP contribution in [0.1, 0.15) is 57.2 Å². The summed E-state index contributed by atoms with van der Waals surface area (Å²) < 4.78 is 5.93. The number of hydrogen-bond donors (Lipinski definition) is 1. The Kier molecular flexibility index (Phi) is 6.84. The summed E-state index contributed by atoms with van der Waals surface area (Å²) in [5, 5.41) is 9.64. The second-order valence-corrected chi connectivity index (χ2v) is 7.82. The summed E-state index contributed by atoms with van der Waals surface area (Å²) in [6, 6.07) is 15.9. The molecule has 0 spiro atoms. The summed E-state index contributed by atoms with van der Waals surface area (Å²) in [6.07, 6.45) is 2.85. The minimum atomic E-state index is -0.941. The first kappa shape index (κ1) is 20.0. The van der Waals surface area contributed by atoms with Crippen molar-refractivity contribution in [3.8, 4) is 5.75 Å².